The number of nitrogens with one attached hydrogen (secondary N) is 1. The Bertz CT molecular complexity index is 1880. The number of aromatic nitrogens is 1. The first-order valence-corrected chi connectivity index (χ1v) is 13.3. The summed E-state index contributed by atoms with van der Waals surface area (Å²) in [6, 6.07) is 29.0. The zero-order chi connectivity index (χ0) is 27.4. The number of benzene rings is 3. The first-order valence-electron chi connectivity index (χ1n) is 11.7. The van der Waals surface area contributed by atoms with Crippen molar-refractivity contribution in [2.24, 2.45) is 0 Å². The van der Waals surface area contributed by atoms with Gasteiger partial charge in [-0.15, -0.1) is 11.3 Å². The number of carbonyl (C=O) groups is 1. The predicted octanol–water partition coefficient (Wildman–Crippen LogP) is 5.07. The lowest BCUT2D eigenvalue weighted by Crippen LogP contribution is -2.32. The SMILES string of the molecule is COc1ccccc1NC(=O)/C(C#N)=c1\s/c(=C\c2ccc(-c3ccc(Br)cc3)o2)c(=O)n1-c1ccccc1. The molecule has 0 atom stereocenters. The molecule has 7 nitrogen and oxygen atoms in total. The maximum atomic E-state index is 13.6. The van der Waals surface area contributed by atoms with Gasteiger partial charge in [-0.2, -0.15) is 5.26 Å². The fourth-order valence-electron chi connectivity index (χ4n) is 3.92. The molecule has 0 aliphatic carbocycles. The van der Waals surface area contributed by atoms with Crippen LogP contribution in [-0.4, -0.2) is 17.6 Å². The average Bonchev–Trinajstić information content (AvgIpc) is 3.55. The Kier molecular flexibility index (Phi) is 7.59. The zero-order valence-electron chi connectivity index (χ0n) is 20.6. The number of ether oxygens (including phenoxy) is 1. The number of nitriles is 1. The summed E-state index contributed by atoms with van der Waals surface area (Å²) in [4.78, 5) is 26.9. The molecule has 0 spiro atoms. The third-order valence-electron chi connectivity index (χ3n) is 5.77. The molecule has 0 radical (unpaired) electrons. The van der Waals surface area contributed by atoms with Crippen LogP contribution in [0.2, 0.25) is 0 Å². The van der Waals surface area contributed by atoms with Gasteiger partial charge in [0, 0.05) is 16.1 Å². The predicted molar refractivity (Wildman–Crippen MR) is 155 cm³/mol. The molecule has 2 heterocycles. The Morgan fingerprint density at radius 3 is 2.46 bits per heavy atom. The van der Waals surface area contributed by atoms with Gasteiger partial charge < -0.3 is 14.5 Å². The van der Waals surface area contributed by atoms with Gasteiger partial charge in [-0.25, -0.2) is 0 Å². The van der Waals surface area contributed by atoms with Crippen molar-refractivity contribution in [2.45, 2.75) is 0 Å². The van der Waals surface area contributed by atoms with E-state index in [9.17, 15) is 14.9 Å². The van der Waals surface area contributed by atoms with Gasteiger partial charge in [0.1, 0.15) is 28.0 Å². The number of rotatable bonds is 6. The number of nitrogens with zero attached hydrogens (tertiary/aromatic N) is 2. The zero-order valence-corrected chi connectivity index (χ0v) is 23.0. The fraction of sp³-hybridized carbons (Fsp3) is 0.0333. The average molecular weight is 598 g/mol. The second kappa shape index (κ2) is 11.4. The van der Waals surface area contributed by atoms with E-state index in [0.717, 1.165) is 21.4 Å². The largest absolute Gasteiger partial charge is 0.495 e. The van der Waals surface area contributed by atoms with Crippen LogP contribution in [0.5, 0.6) is 5.75 Å². The number of furan rings is 1. The maximum Gasteiger partial charge on any atom is 0.273 e. The van der Waals surface area contributed by atoms with Crippen LogP contribution in [0.3, 0.4) is 0 Å². The van der Waals surface area contributed by atoms with E-state index in [-0.39, 0.29) is 15.8 Å². The summed E-state index contributed by atoms with van der Waals surface area (Å²) in [7, 11) is 1.49. The van der Waals surface area contributed by atoms with E-state index in [1.54, 1.807) is 60.7 Å². The molecular weight excluding hydrogens is 578 g/mol. The van der Waals surface area contributed by atoms with E-state index < -0.39 is 5.91 Å². The summed E-state index contributed by atoms with van der Waals surface area (Å²) in [6.07, 6.45) is 1.62. The minimum atomic E-state index is -0.657. The Labute approximate surface area is 235 Å². The number of hydrogen-bond donors (Lipinski definition) is 1. The van der Waals surface area contributed by atoms with Gasteiger partial charge in [0.2, 0.25) is 0 Å². The van der Waals surface area contributed by atoms with Crippen LogP contribution in [0.1, 0.15) is 5.76 Å². The third-order valence-corrected chi connectivity index (χ3v) is 7.40. The number of methoxy groups -OCH3 is 1. The van der Waals surface area contributed by atoms with E-state index in [4.69, 9.17) is 9.15 Å². The molecule has 3 aromatic carbocycles. The van der Waals surface area contributed by atoms with Gasteiger partial charge in [-0.3, -0.25) is 14.2 Å². The second-order valence-electron chi connectivity index (χ2n) is 8.24. The van der Waals surface area contributed by atoms with Crippen LogP contribution >= 0.6 is 27.3 Å². The molecule has 0 aliphatic rings. The Hall–Kier alpha value is -4.65. The number of carbonyl (C=O) groups excluding carboxylic acids is 1. The van der Waals surface area contributed by atoms with Crippen LogP contribution < -0.4 is 24.8 Å². The highest BCUT2D eigenvalue weighted by Gasteiger charge is 2.18. The molecule has 0 fully saturated rings. The number of para-hydroxylation sites is 3. The van der Waals surface area contributed by atoms with Crippen molar-refractivity contribution in [3.05, 3.63) is 121 Å². The van der Waals surface area contributed by atoms with Crippen molar-refractivity contribution in [1.29, 1.82) is 5.26 Å². The number of amides is 1. The molecule has 0 unspecified atom stereocenters. The molecule has 0 saturated heterocycles. The van der Waals surface area contributed by atoms with E-state index in [0.29, 0.717) is 33.2 Å². The van der Waals surface area contributed by atoms with Gasteiger partial charge in [0.25, 0.3) is 11.5 Å². The highest BCUT2D eigenvalue weighted by atomic mass is 79.9. The third kappa shape index (κ3) is 5.48. The lowest BCUT2D eigenvalue weighted by Gasteiger charge is -2.09. The molecular formula is C30H20BrN3O4S. The molecule has 5 aromatic rings. The highest BCUT2D eigenvalue weighted by Crippen LogP contribution is 2.25. The first-order chi connectivity index (χ1) is 19.0. The van der Waals surface area contributed by atoms with Gasteiger partial charge in [0.05, 0.1) is 23.0 Å². The number of hydrogen-bond acceptors (Lipinski definition) is 6. The normalized spacial score (nSPS) is 12.1. The molecule has 1 N–H and O–H groups in total. The van der Waals surface area contributed by atoms with Gasteiger partial charge in [-0.05, 0) is 48.5 Å². The molecule has 0 bridgehead atoms. The van der Waals surface area contributed by atoms with Crippen LogP contribution in [0.4, 0.5) is 5.69 Å². The fourth-order valence-corrected chi connectivity index (χ4v) is 5.27. The van der Waals surface area contributed by atoms with Crippen molar-refractivity contribution < 1.29 is 13.9 Å². The summed E-state index contributed by atoms with van der Waals surface area (Å²) in [5.41, 5.74) is 1.24. The molecule has 1 amide bonds. The molecule has 39 heavy (non-hydrogen) atoms. The van der Waals surface area contributed by atoms with E-state index in [1.807, 2.05) is 42.5 Å². The van der Waals surface area contributed by atoms with Crippen molar-refractivity contribution >= 4 is 50.5 Å². The second-order valence-corrected chi connectivity index (χ2v) is 10.2. The lowest BCUT2D eigenvalue weighted by atomic mass is 10.2. The topological polar surface area (TPSA) is 97.3 Å². The molecule has 2 aromatic heterocycles. The maximum absolute atomic E-state index is 13.6. The van der Waals surface area contributed by atoms with Crippen LogP contribution in [0.15, 0.2) is 105 Å². The van der Waals surface area contributed by atoms with Crippen molar-refractivity contribution in [3.8, 4) is 28.8 Å². The van der Waals surface area contributed by atoms with E-state index in [1.165, 1.54) is 11.7 Å². The van der Waals surface area contributed by atoms with E-state index >= 15 is 0 Å². The van der Waals surface area contributed by atoms with Crippen molar-refractivity contribution in [1.82, 2.24) is 4.57 Å². The Morgan fingerprint density at radius 1 is 1.03 bits per heavy atom. The quantitative estimate of drug-likeness (QED) is 0.295. The molecule has 192 valence electrons. The van der Waals surface area contributed by atoms with Gasteiger partial charge in [0.15, 0.2) is 5.57 Å². The van der Waals surface area contributed by atoms with Gasteiger partial charge in [-0.1, -0.05) is 58.4 Å². The molecule has 0 aliphatic heterocycles. The molecule has 5 rings (SSSR count). The summed E-state index contributed by atoms with van der Waals surface area (Å²) in [5.74, 6) is 0.905. The Balaban J connectivity index is 1.65. The van der Waals surface area contributed by atoms with Crippen molar-refractivity contribution in [3.63, 3.8) is 0 Å². The lowest BCUT2D eigenvalue weighted by molar-refractivity contribution is -0.111. The monoisotopic (exact) mass is 597 g/mol. The van der Waals surface area contributed by atoms with Crippen LogP contribution in [0, 0.1) is 11.3 Å². The van der Waals surface area contributed by atoms with E-state index in [2.05, 4.69) is 21.2 Å². The molecule has 9 heteroatoms. The standard InChI is InChI=1S/C30H20BrN3O4S/c1-37-26-10-6-5-9-24(26)33-28(35)23(18-32)30-34(21-7-3-2-4-8-21)29(36)27(39-30)17-22-15-16-25(38-22)19-11-13-20(31)14-12-19/h2-17H,1H3,(H,33,35)/b27-17-,30-23-. The molecule has 0 saturated carbocycles. The smallest absolute Gasteiger partial charge is 0.273 e. The highest BCUT2D eigenvalue weighted by molar-refractivity contribution is 9.10. The Morgan fingerprint density at radius 2 is 1.74 bits per heavy atom. The van der Waals surface area contributed by atoms with Crippen LogP contribution in [0.25, 0.3) is 28.7 Å². The summed E-state index contributed by atoms with van der Waals surface area (Å²) >= 11 is 4.47. The summed E-state index contributed by atoms with van der Waals surface area (Å²) < 4.78 is 14.1. The minimum Gasteiger partial charge on any atom is -0.495 e. The van der Waals surface area contributed by atoms with Gasteiger partial charge >= 0.3 is 0 Å². The minimum absolute atomic E-state index is 0.201. The first kappa shape index (κ1) is 26.0. The summed E-state index contributed by atoms with van der Waals surface area (Å²) in [6.45, 7) is 0. The number of anilines is 1. The number of halogens is 1. The van der Waals surface area contributed by atoms with Crippen molar-refractivity contribution in [2.75, 3.05) is 12.4 Å². The number of thiazole rings is 1. The summed E-state index contributed by atoms with van der Waals surface area (Å²) in [5, 5.41) is 12.8. The van der Waals surface area contributed by atoms with Crippen LogP contribution in [-0.2, 0) is 4.79 Å².